The second-order valence-electron chi connectivity index (χ2n) is 4.31. The van der Waals surface area contributed by atoms with Gasteiger partial charge in [-0.05, 0) is 23.8 Å². The Kier molecular flexibility index (Phi) is 2.94. The zero-order chi connectivity index (χ0) is 12.4. The molecule has 0 amide bonds. The van der Waals surface area contributed by atoms with Gasteiger partial charge in [-0.3, -0.25) is 0 Å². The zero-order valence-electron chi connectivity index (χ0n) is 9.91. The van der Waals surface area contributed by atoms with E-state index in [1.165, 1.54) is 11.3 Å². The summed E-state index contributed by atoms with van der Waals surface area (Å²) in [6, 6.07) is 16.2. The van der Waals surface area contributed by atoms with Gasteiger partial charge in [0.25, 0.3) is 0 Å². The average molecular weight is 238 g/mol. The molecule has 1 aliphatic heterocycles. The van der Waals surface area contributed by atoms with Gasteiger partial charge < -0.3 is 14.6 Å². The van der Waals surface area contributed by atoms with Crippen molar-refractivity contribution < 1.29 is 9.68 Å². The van der Waals surface area contributed by atoms with Gasteiger partial charge >= 0.3 is 7.69 Å². The molecule has 4 heteroatoms. The highest BCUT2D eigenvalue weighted by Crippen LogP contribution is 2.33. The number of nitrogens with zero attached hydrogens (tertiary/aromatic N) is 1. The Hall–Kier alpha value is -1.94. The summed E-state index contributed by atoms with van der Waals surface area (Å²) in [5, 5.41) is 8.77. The van der Waals surface area contributed by atoms with Gasteiger partial charge in [-0.1, -0.05) is 30.3 Å². The molecule has 0 bridgehead atoms. The van der Waals surface area contributed by atoms with Crippen molar-refractivity contribution in [1.29, 1.82) is 0 Å². The van der Waals surface area contributed by atoms with Crippen molar-refractivity contribution >= 4 is 13.4 Å². The van der Waals surface area contributed by atoms with Crippen LogP contribution in [0.15, 0.2) is 48.5 Å². The lowest BCUT2D eigenvalue weighted by molar-refractivity contribution is 0.451. The van der Waals surface area contributed by atoms with Crippen molar-refractivity contribution in [3.63, 3.8) is 0 Å². The van der Waals surface area contributed by atoms with E-state index in [1.807, 2.05) is 30.3 Å². The quantitative estimate of drug-likeness (QED) is 0.831. The summed E-state index contributed by atoms with van der Waals surface area (Å²) in [5.74, 6) is 0.730. The summed E-state index contributed by atoms with van der Waals surface area (Å²) in [7, 11) is 0.737. The number of rotatable bonds is 3. The molecule has 2 aromatic carbocycles. The van der Waals surface area contributed by atoms with Crippen LogP contribution in [0.4, 0.5) is 5.69 Å². The molecule has 1 aliphatic rings. The second kappa shape index (κ2) is 4.74. The molecule has 3 nitrogen and oxygen atoms in total. The normalized spacial score (nSPS) is 13.3. The molecule has 89 valence electrons. The Labute approximate surface area is 107 Å². The van der Waals surface area contributed by atoms with Crippen LogP contribution in [0.5, 0.6) is 5.75 Å². The van der Waals surface area contributed by atoms with Crippen LogP contribution in [0.25, 0.3) is 0 Å². The molecule has 1 radical (unpaired) electrons. The molecule has 0 aliphatic carbocycles. The predicted octanol–water partition coefficient (Wildman–Crippen LogP) is 2.11. The topological polar surface area (TPSA) is 32.7 Å². The first-order valence-electron chi connectivity index (χ1n) is 5.92. The summed E-state index contributed by atoms with van der Waals surface area (Å²) < 4.78 is 5.14. The number of hydrogen-bond acceptors (Lipinski definition) is 3. The third kappa shape index (κ3) is 1.95. The van der Waals surface area contributed by atoms with E-state index in [1.54, 1.807) is 0 Å². The molecule has 0 atom stereocenters. The van der Waals surface area contributed by atoms with E-state index in [-0.39, 0.29) is 0 Å². The van der Waals surface area contributed by atoms with Gasteiger partial charge in [-0.25, -0.2) is 0 Å². The summed E-state index contributed by atoms with van der Waals surface area (Å²) in [5.41, 5.74) is 3.59. The largest absolute Gasteiger partial charge is 0.569 e. The van der Waals surface area contributed by atoms with Crippen LogP contribution in [-0.2, 0) is 13.1 Å². The highest BCUT2D eigenvalue weighted by Gasteiger charge is 2.22. The van der Waals surface area contributed by atoms with Crippen LogP contribution >= 0.6 is 0 Å². The fourth-order valence-corrected chi connectivity index (χ4v) is 2.38. The molecule has 0 spiro atoms. The molecule has 0 saturated heterocycles. The minimum atomic E-state index is 0.730. The molecular formula is C14H13BNO2. The number of para-hydroxylation sites is 1. The van der Waals surface area contributed by atoms with Crippen molar-refractivity contribution in [2.45, 2.75) is 13.1 Å². The van der Waals surface area contributed by atoms with Crippen molar-refractivity contribution in [2.75, 3.05) is 4.90 Å². The first-order chi connectivity index (χ1) is 8.88. The van der Waals surface area contributed by atoms with E-state index in [2.05, 4.69) is 23.1 Å². The third-order valence-electron chi connectivity index (χ3n) is 3.24. The maximum atomic E-state index is 8.77. The fraction of sp³-hybridized carbons (Fsp3) is 0.143. The Balaban J connectivity index is 1.89. The maximum absolute atomic E-state index is 8.77. The first-order valence-corrected chi connectivity index (χ1v) is 5.92. The molecule has 1 N–H and O–H groups in total. The summed E-state index contributed by atoms with van der Waals surface area (Å²) >= 11 is 0. The van der Waals surface area contributed by atoms with E-state index in [0.29, 0.717) is 0 Å². The van der Waals surface area contributed by atoms with E-state index in [0.717, 1.165) is 32.1 Å². The van der Waals surface area contributed by atoms with Gasteiger partial charge in [0.15, 0.2) is 0 Å². The van der Waals surface area contributed by atoms with E-state index >= 15 is 0 Å². The van der Waals surface area contributed by atoms with Gasteiger partial charge in [0.2, 0.25) is 0 Å². The molecular weight excluding hydrogens is 225 g/mol. The average Bonchev–Trinajstić information content (AvgIpc) is 2.85. The van der Waals surface area contributed by atoms with Crippen LogP contribution in [-0.4, -0.2) is 12.7 Å². The van der Waals surface area contributed by atoms with Crippen LogP contribution in [0, 0.1) is 0 Å². The van der Waals surface area contributed by atoms with Gasteiger partial charge in [-0.2, -0.15) is 0 Å². The lowest BCUT2D eigenvalue weighted by Crippen LogP contribution is -2.14. The molecule has 0 aromatic heterocycles. The molecule has 3 rings (SSSR count). The van der Waals surface area contributed by atoms with Crippen molar-refractivity contribution in [2.24, 2.45) is 0 Å². The van der Waals surface area contributed by atoms with Crippen molar-refractivity contribution in [3.8, 4) is 5.75 Å². The van der Waals surface area contributed by atoms with Crippen LogP contribution in [0.3, 0.4) is 0 Å². The molecule has 0 unspecified atom stereocenters. The number of benzene rings is 2. The summed E-state index contributed by atoms with van der Waals surface area (Å²) in [4.78, 5) is 2.29. The minimum absolute atomic E-state index is 0.730. The molecule has 1 heterocycles. The monoisotopic (exact) mass is 238 g/mol. The molecule has 0 fully saturated rings. The second-order valence-corrected chi connectivity index (χ2v) is 4.31. The van der Waals surface area contributed by atoms with Crippen molar-refractivity contribution in [1.82, 2.24) is 0 Å². The molecule has 0 saturated carbocycles. The Morgan fingerprint density at radius 2 is 1.83 bits per heavy atom. The Morgan fingerprint density at radius 3 is 2.61 bits per heavy atom. The van der Waals surface area contributed by atoms with Gasteiger partial charge in [-0.15, -0.1) is 0 Å². The zero-order valence-corrected chi connectivity index (χ0v) is 9.91. The maximum Gasteiger partial charge on any atom is 0.569 e. The standard InChI is InChI=1S/C14H13BNO2/c17-15-18-14-8-4-5-11-9-16(10-13(11)14)12-6-2-1-3-7-12/h1-8,17H,9-10H2. The first kappa shape index (κ1) is 11.2. The smallest absolute Gasteiger partial charge is 0.537 e. The number of fused-ring (bicyclic) bond motifs is 1. The van der Waals surface area contributed by atoms with Crippen LogP contribution in [0.1, 0.15) is 11.1 Å². The van der Waals surface area contributed by atoms with E-state index in [9.17, 15) is 0 Å². The summed E-state index contributed by atoms with van der Waals surface area (Å²) in [6.45, 7) is 1.69. The number of anilines is 1. The predicted molar refractivity (Wildman–Crippen MR) is 71.4 cm³/mol. The minimum Gasteiger partial charge on any atom is -0.537 e. The highest BCUT2D eigenvalue weighted by atomic mass is 16.5. The van der Waals surface area contributed by atoms with Gasteiger partial charge in [0.1, 0.15) is 5.75 Å². The molecule has 18 heavy (non-hydrogen) atoms. The van der Waals surface area contributed by atoms with E-state index < -0.39 is 0 Å². The number of hydrogen-bond donors (Lipinski definition) is 1. The third-order valence-corrected chi connectivity index (χ3v) is 3.24. The fourth-order valence-electron chi connectivity index (χ4n) is 2.38. The van der Waals surface area contributed by atoms with Crippen LogP contribution in [0.2, 0.25) is 0 Å². The lowest BCUT2D eigenvalue weighted by atomic mass is 10.1. The Morgan fingerprint density at radius 1 is 1.00 bits per heavy atom. The van der Waals surface area contributed by atoms with Crippen molar-refractivity contribution in [3.05, 3.63) is 59.7 Å². The van der Waals surface area contributed by atoms with Crippen LogP contribution < -0.4 is 9.55 Å². The van der Waals surface area contributed by atoms with E-state index in [4.69, 9.17) is 9.68 Å². The van der Waals surface area contributed by atoms with Gasteiger partial charge in [0.05, 0.1) is 0 Å². The summed E-state index contributed by atoms with van der Waals surface area (Å²) in [6.07, 6.45) is 0. The SMILES string of the molecule is O[B]Oc1cccc2c1CN(c1ccccc1)C2. The Bertz CT molecular complexity index is 545. The molecule has 2 aromatic rings. The lowest BCUT2D eigenvalue weighted by Gasteiger charge is -2.17. The highest BCUT2D eigenvalue weighted by molar-refractivity contribution is 6.17. The van der Waals surface area contributed by atoms with Gasteiger partial charge in [0, 0.05) is 24.3 Å².